The minimum atomic E-state index is 0.124. The molecule has 0 bridgehead atoms. The molecule has 0 saturated heterocycles. The highest BCUT2D eigenvalue weighted by Crippen LogP contribution is 2.05. The average molecular weight is 169 g/mol. The van der Waals surface area contributed by atoms with Crippen molar-refractivity contribution in [3.8, 4) is 0 Å². The standard InChI is InChI=1S/C8H12NOP/c1-6-3-4-8(11)7(5-6)9(2)10/h3-5,9H,11H2,1-2H3. The molecule has 1 aromatic carbocycles. The molecule has 1 N–H and O–H groups in total. The molecular weight excluding hydrogens is 157 g/mol. The van der Waals surface area contributed by atoms with E-state index in [1.165, 1.54) is 0 Å². The van der Waals surface area contributed by atoms with E-state index >= 15 is 0 Å². The van der Waals surface area contributed by atoms with Gasteiger partial charge < -0.3 is 10.3 Å². The number of hydrogen-bond acceptors (Lipinski definition) is 1. The number of rotatable bonds is 1. The van der Waals surface area contributed by atoms with Crippen molar-refractivity contribution in [2.75, 3.05) is 7.05 Å². The number of benzene rings is 1. The van der Waals surface area contributed by atoms with Crippen molar-refractivity contribution in [2.45, 2.75) is 6.92 Å². The average Bonchev–Trinajstić information content (AvgIpc) is 1.94. The molecule has 2 atom stereocenters. The Labute approximate surface area is 69.0 Å². The molecular formula is C8H12NOP. The Balaban J connectivity index is 3.13. The third kappa shape index (κ3) is 2.00. The van der Waals surface area contributed by atoms with Crippen LogP contribution in [-0.4, -0.2) is 7.05 Å². The van der Waals surface area contributed by atoms with Gasteiger partial charge in [-0.05, 0) is 18.6 Å². The van der Waals surface area contributed by atoms with Crippen molar-refractivity contribution in [1.29, 1.82) is 0 Å². The summed E-state index contributed by atoms with van der Waals surface area (Å²) >= 11 is 0. The fourth-order valence-electron chi connectivity index (χ4n) is 0.975. The predicted molar refractivity (Wildman–Crippen MR) is 50.4 cm³/mol. The SMILES string of the molecule is Cc1ccc(P)c([NH+](C)[O-])c1. The highest BCUT2D eigenvalue weighted by molar-refractivity contribution is 7.27. The highest BCUT2D eigenvalue weighted by atomic mass is 31.0. The number of nitrogens with one attached hydrogen (secondary N) is 1. The molecule has 11 heavy (non-hydrogen) atoms. The van der Waals surface area contributed by atoms with E-state index in [1.807, 2.05) is 25.1 Å². The molecule has 60 valence electrons. The van der Waals surface area contributed by atoms with Gasteiger partial charge in [-0.15, -0.1) is 0 Å². The lowest BCUT2D eigenvalue weighted by Crippen LogP contribution is -2.99. The normalized spacial score (nSPS) is 13.1. The molecule has 1 aromatic rings. The third-order valence-corrected chi connectivity index (χ3v) is 2.09. The van der Waals surface area contributed by atoms with Gasteiger partial charge in [0.2, 0.25) is 0 Å². The first-order valence-electron chi connectivity index (χ1n) is 3.48. The van der Waals surface area contributed by atoms with E-state index in [4.69, 9.17) is 0 Å². The van der Waals surface area contributed by atoms with Crippen LogP contribution in [0, 0.1) is 12.1 Å². The molecule has 0 saturated carbocycles. The van der Waals surface area contributed by atoms with Gasteiger partial charge in [-0.25, -0.2) is 0 Å². The fraction of sp³-hybridized carbons (Fsp3) is 0.250. The Kier molecular flexibility index (Phi) is 2.61. The Morgan fingerprint density at radius 1 is 1.45 bits per heavy atom. The van der Waals surface area contributed by atoms with Crippen molar-refractivity contribution in [3.05, 3.63) is 29.0 Å². The molecule has 1 rings (SSSR count). The monoisotopic (exact) mass is 169 g/mol. The first-order chi connectivity index (χ1) is 5.11. The second kappa shape index (κ2) is 3.31. The summed E-state index contributed by atoms with van der Waals surface area (Å²) < 4.78 is 0. The minimum absolute atomic E-state index is 0.124. The van der Waals surface area contributed by atoms with Gasteiger partial charge in [0, 0.05) is 11.4 Å². The zero-order chi connectivity index (χ0) is 8.43. The van der Waals surface area contributed by atoms with Crippen molar-refractivity contribution in [2.24, 2.45) is 0 Å². The van der Waals surface area contributed by atoms with E-state index in [9.17, 15) is 5.21 Å². The van der Waals surface area contributed by atoms with E-state index in [-0.39, 0.29) is 5.06 Å². The smallest absolute Gasteiger partial charge is 0.138 e. The van der Waals surface area contributed by atoms with Gasteiger partial charge in [0.15, 0.2) is 0 Å². The first-order valence-corrected chi connectivity index (χ1v) is 4.06. The van der Waals surface area contributed by atoms with Crippen LogP contribution < -0.4 is 10.4 Å². The van der Waals surface area contributed by atoms with Crippen LogP contribution in [0.5, 0.6) is 0 Å². The van der Waals surface area contributed by atoms with Gasteiger partial charge in [-0.1, -0.05) is 15.3 Å². The van der Waals surface area contributed by atoms with Crippen LogP contribution in [0.3, 0.4) is 0 Å². The zero-order valence-corrected chi connectivity index (χ0v) is 7.87. The summed E-state index contributed by atoms with van der Waals surface area (Å²) in [6, 6.07) is 5.84. The van der Waals surface area contributed by atoms with Crippen molar-refractivity contribution in [3.63, 3.8) is 0 Å². The first kappa shape index (κ1) is 8.66. The van der Waals surface area contributed by atoms with Gasteiger partial charge in [0.25, 0.3) is 0 Å². The summed E-state index contributed by atoms with van der Waals surface area (Å²) in [7, 11) is 4.14. The molecule has 0 heterocycles. The van der Waals surface area contributed by atoms with Crippen LogP contribution in [0.2, 0.25) is 0 Å². The maximum Gasteiger partial charge on any atom is 0.138 e. The molecule has 0 aliphatic heterocycles. The quantitative estimate of drug-likeness (QED) is 0.470. The van der Waals surface area contributed by atoms with E-state index in [2.05, 4.69) is 9.24 Å². The zero-order valence-electron chi connectivity index (χ0n) is 6.72. The molecule has 3 heteroatoms. The van der Waals surface area contributed by atoms with Crippen LogP contribution >= 0.6 is 9.24 Å². The maximum atomic E-state index is 11.0. The van der Waals surface area contributed by atoms with E-state index in [1.54, 1.807) is 7.05 Å². The number of hydroxylamine groups is 1. The third-order valence-electron chi connectivity index (χ3n) is 1.59. The summed E-state index contributed by atoms with van der Waals surface area (Å²) in [6.45, 7) is 1.98. The molecule has 0 radical (unpaired) electrons. The van der Waals surface area contributed by atoms with Crippen LogP contribution in [0.4, 0.5) is 5.69 Å². The van der Waals surface area contributed by atoms with Crippen molar-refractivity contribution < 1.29 is 5.06 Å². The summed E-state index contributed by atoms with van der Waals surface area (Å²) in [5.41, 5.74) is 1.93. The van der Waals surface area contributed by atoms with E-state index in [0.717, 1.165) is 16.6 Å². The van der Waals surface area contributed by atoms with Gasteiger partial charge in [0.1, 0.15) is 5.69 Å². The summed E-state index contributed by atoms with van der Waals surface area (Å²) in [5, 5.41) is 12.1. The molecule has 0 aliphatic rings. The van der Waals surface area contributed by atoms with Crippen LogP contribution in [-0.2, 0) is 0 Å². The molecule has 0 amide bonds. The molecule has 0 aromatic heterocycles. The predicted octanol–water partition coefficient (Wildman–Crippen LogP) is 0.139. The highest BCUT2D eigenvalue weighted by Gasteiger charge is 2.01. The summed E-state index contributed by atoms with van der Waals surface area (Å²) in [5.74, 6) is 0. The summed E-state index contributed by atoms with van der Waals surface area (Å²) in [6.07, 6.45) is 0. The number of aryl methyl sites for hydroxylation is 1. The molecule has 2 unspecified atom stereocenters. The van der Waals surface area contributed by atoms with Gasteiger partial charge in [-0.2, -0.15) is 0 Å². The molecule has 2 nitrogen and oxygen atoms in total. The van der Waals surface area contributed by atoms with Gasteiger partial charge in [0.05, 0.1) is 7.05 Å². The Bertz CT molecular complexity index is 260. The van der Waals surface area contributed by atoms with Crippen molar-refractivity contribution in [1.82, 2.24) is 0 Å². The fourth-order valence-corrected chi connectivity index (χ4v) is 1.36. The Morgan fingerprint density at radius 3 is 2.55 bits per heavy atom. The molecule has 0 fully saturated rings. The van der Waals surface area contributed by atoms with Crippen LogP contribution in [0.25, 0.3) is 0 Å². The largest absolute Gasteiger partial charge is 0.629 e. The van der Waals surface area contributed by atoms with Crippen LogP contribution in [0.15, 0.2) is 18.2 Å². The molecule has 0 aliphatic carbocycles. The lowest BCUT2D eigenvalue weighted by molar-refractivity contribution is -0.750. The van der Waals surface area contributed by atoms with E-state index in [0.29, 0.717) is 0 Å². The Morgan fingerprint density at radius 2 is 2.09 bits per heavy atom. The van der Waals surface area contributed by atoms with Crippen molar-refractivity contribution >= 4 is 20.2 Å². The van der Waals surface area contributed by atoms with E-state index < -0.39 is 0 Å². The Hall–Kier alpha value is -0.430. The lowest BCUT2D eigenvalue weighted by Gasteiger charge is -2.17. The second-order valence-electron chi connectivity index (χ2n) is 2.65. The van der Waals surface area contributed by atoms with Gasteiger partial charge in [-0.3, -0.25) is 0 Å². The second-order valence-corrected chi connectivity index (χ2v) is 3.27. The molecule has 0 spiro atoms. The number of hydrogen-bond donors (Lipinski definition) is 1. The topological polar surface area (TPSA) is 27.5 Å². The minimum Gasteiger partial charge on any atom is -0.629 e. The summed E-state index contributed by atoms with van der Waals surface area (Å²) in [4.78, 5) is 0. The lowest BCUT2D eigenvalue weighted by atomic mass is 10.2. The number of quaternary nitrogens is 1. The maximum absolute atomic E-state index is 11.0. The van der Waals surface area contributed by atoms with Crippen LogP contribution in [0.1, 0.15) is 5.56 Å². The van der Waals surface area contributed by atoms with Gasteiger partial charge >= 0.3 is 0 Å².